The van der Waals surface area contributed by atoms with Gasteiger partial charge in [0.2, 0.25) is 0 Å². The zero-order valence-corrected chi connectivity index (χ0v) is 10.6. The third-order valence-corrected chi connectivity index (χ3v) is 3.02. The van der Waals surface area contributed by atoms with Gasteiger partial charge in [0, 0.05) is 0 Å². The molecule has 18 heavy (non-hydrogen) atoms. The van der Waals surface area contributed by atoms with Gasteiger partial charge in [-0.15, -0.1) is 0 Å². The van der Waals surface area contributed by atoms with Gasteiger partial charge in [0.05, 0.1) is 19.6 Å². The highest BCUT2D eigenvalue weighted by Crippen LogP contribution is 2.25. The lowest BCUT2D eigenvalue weighted by Crippen LogP contribution is -1.89. The van der Waals surface area contributed by atoms with Crippen LogP contribution in [0.2, 0.25) is 0 Å². The van der Waals surface area contributed by atoms with E-state index in [2.05, 4.69) is 24.3 Å². The molecule has 0 fully saturated rings. The van der Waals surface area contributed by atoms with Crippen molar-refractivity contribution in [3.8, 4) is 22.9 Å². The molecular formula is C16H15NO. The first-order valence-electron chi connectivity index (χ1n) is 5.85. The first-order valence-corrected chi connectivity index (χ1v) is 5.85. The van der Waals surface area contributed by atoms with Crippen LogP contribution in [0.1, 0.15) is 11.1 Å². The molecule has 2 aromatic rings. The van der Waals surface area contributed by atoms with Crippen molar-refractivity contribution in [3.05, 3.63) is 53.6 Å². The summed E-state index contributed by atoms with van der Waals surface area (Å²) in [6.07, 6.45) is 0.448. The van der Waals surface area contributed by atoms with Crippen LogP contribution in [-0.4, -0.2) is 7.11 Å². The number of benzene rings is 2. The van der Waals surface area contributed by atoms with E-state index in [0.29, 0.717) is 6.42 Å². The Morgan fingerprint density at radius 3 is 2.61 bits per heavy atom. The van der Waals surface area contributed by atoms with Crippen molar-refractivity contribution < 1.29 is 4.74 Å². The molecule has 2 nitrogen and oxygen atoms in total. The van der Waals surface area contributed by atoms with E-state index < -0.39 is 0 Å². The fraction of sp³-hybridized carbons (Fsp3) is 0.188. The average molecular weight is 237 g/mol. The van der Waals surface area contributed by atoms with Crippen molar-refractivity contribution in [3.63, 3.8) is 0 Å². The van der Waals surface area contributed by atoms with Gasteiger partial charge in [-0.3, -0.25) is 0 Å². The van der Waals surface area contributed by atoms with Gasteiger partial charge >= 0.3 is 0 Å². The quantitative estimate of drug-likeness (QED) is 0.814. The standard InChI is InChI=1S/C16H15NO/c1-12-6-7-15(10-13(12)8-9-17)14-4-3-5-16(11-14)18-2/h3-7,10-11H,8H2,1-2H3. The number of rotatable bonds is 3. The molecule has 0 radical (unpaired) electrons. The second kappa shape index (κ2) is 5.37. The summed E-state index contributed by atoms with van der Waals surface area (Å²) in [6, 6.07) is 16.3. The lowest BCUT2D eigenvalue weighted by Gasteiger charge is -2.08. The van der Waals surface area contributed by atoms with Crippen LogP contribution in [0, 0.1) is 18.3 Å². The zero-order valence-electron chi connectivity index (χ0n) is 10.6. The molecule has 0 bridgehead atoms. The highest BCUT2D eigenvalue weighted by Gasteiger charge is 2.03. The van der Waals surface area contributed by atoms with Gasteiger partial charge < -0.3 is 4.74 Å². The van der Waals surface area contributed by atoms with E-state index in [0.717, 1.165) is 28.0 Å². The van der Waals surface area contributed by atoms with E-state index in [4.69, 9.17) is 10.00 Å². The van der Waals surface area contributed by atoms with Crippen LogP contribution in [0.3, 0.4) is 0 Å². The van der Waals surface area contributed by atoms with Crippen molar-refractivity contribution in [2.75, 3.05) is 7.11 Å². The number of nitrogens with zero attached hydrogens (tertiary/aromatic N) is 1. The summed E-state index contributed by atoms with van der Waals surface area (Å²) in [5.41, 5.74) is 4.46. The summed E-state index contributed by atoms with van der Waals surface area (Å²) in [7, 11) is 1.66. The fourth-order valence-electron chi connectivity index (χ4n) is 1.93. The lowest BCUT2D eigenvalue weighted by atomic mass is 9.98. The maximum Gasteiger partial charge on any atom is 0.119 e. The summed E-state index contributed by atoms with van der Waals surface area (Å²) >= 11 is 0. The van der Waals surface area contributed by atoms with E-state index >= 15 is 0 Å². The number of nitriles is 1. The van der Waals surface area contributed by atoms with E-state index in [9.17, 15) is 0 Å². The fourth-order valence-corrected chi connectivity index (χ4v) is 1.93. The molecule has 2 rings (SSSR count). The minimum Gasteiger partial charge on any atom is -0.497 e. The maximum atomic E-state index is 8.82. The number of hydrogen-bond acceptors (Lipinski definition) is 2. The predicted octanol–water partition coefficient (Wildman–Crippen LogP) is 3.74. The molecule has 0 N–H and O–H groups in total. The van der Waals surface area contributed by atoms with Crippen molar-refractivity contribution >= 4 is 0 Å². The molecule has 0 aliphatic heterocycles. The van der Waals surface area contributed by atoms with Crippen LogP contribution in [0.4, 0.5) is 0 Å². The number of hydrogen-bond donors (Lipinski definition) is 0. The van der Waals surface area contributed by atoms with Crippen LogP contribution in [0.5, 0.6) is 5.75 Å². The van der Waals surface area contributed by atoms with Gasteiger partial charge in [-0.1, -0.05) is 24.3 Å². The Hall–Kier alpha value is -2.27. The number of ether oxygens (including phenoxy) is 1. The highest BCUT2D eigenvalue weighted by atomic mass is 16.5. The highest BCUT2D eigenvalue weighted by molar-refractivity contribution is 5.66. The topological polar surface area (TPSA) is 33.0 Å². The van der Waals surface area contributed by atoms with Crippen molar-refractivity contribution in [1.82, 2.24) is 0 Å². The van der Waals surface area contributed by atoms with E-state index in [-0.39, 0.29) is 0 Å². The largest absolute Gasteiger partial charge is 0.497 e. The molecule has 2 heteroatoms. The van der Waals surface area contributed by atoms with Gasteiger partial charge in [-0.25, -0.2) is 0 Å². The maximum absolute atomic E-state index is 8.82. The van der Waals surface area contributed by atoms with Gasteiger partial charge in [0.25, 0.3) is 0 Å². The Labute approximate surface area is 107 Å². The Morgan fingerprint density at radius 2 is 1.89 bits per heavy atom. The normalized spacial score (nSPS) is 9.83. The second-order valence-corrected chi connectivity index (χ2v) is 4.21. The molecule has 0 aromatic heterocycles. The van der Waals surface area contributed by atoms with E-state index in [1.165, 1.54) is 0 Å². The van der Waals surface area contributed by atoms with Gasteiger partial charge in [0.1, 0.15) is 5.75 Å². The van der Waals surface area contributed by atoms with Crippen molar-refractivity contribution in [2.24, 2.45) is 0 Å². The van der Waals surface area contributed by atoms with Crippen molar-refractivity contribution in [1.29, 1.82) is 5.26 Å². The molecule has 0 saturated carbocycles. The third-order valence-electron chi connectivity index (χ3n) is 3.02. The summed E-state index contributed by atoms with van der Waals surface area (Å²) in [5.74, 6) is 0.843. The molecule has 2 aromatic carbocycles. The molecule has 0 spiro atoms. The number of aryl methyl sites for hydroxylation is 1. The van der Waals surface area contributed by atoms with E-state index in [1.54, 1.807) is 7.11 Å². The average Bonchev–Trinajstić information content (AvgIpc) is 2.41. The van der Waals surface area contributed by atoms with Crippen LogP contribution >= 0.6 is 0 Å². The lowest BCUT2D eigenvalue weighted by molar-refractivity contribution is 0.415. The van der Waals surface area contributed by atoms with Crippen molar-refractivity contribution in [2.45, 2.75) is 13.3 Å². The Morgan fingerprint density at radius 1 is 1.11 bits per heavy atom. The van der Waals surface area contributed by atoms with Gasteiger partial charge in [0.15, 0.2) is 0 Å². The molecular weight excluding hydrogens is 222 g/mol. The minimum absolute atomic E-state index is 0.448. The minimum atomic E-state index is 0.448. The zero-order chi connectivity index (χ0) is 13.0. The molecule has 0 heterocycles. The molecule has 0 atom stereocenters. The molecule has 0 saturated heterocycles. The van der Waals surface area contributed by atoms with Crippen LogP contribution in [0.15, 0.2) is 42.5 Å². The Balaban J connectivity index is 2.44. The van der Waals surface area contributed by atoms with Crippen LogP contribution in [0.25, 0.3) is 11.1 Å². The molecule has 0 aliphatic carbocycles. The molecule has 0 aliphatic rings. The number of methoxy groups -OCH3 is 1. The monoisotopic (exact) mass is 237 g/mol. The first kappa shape index (κ1) is 12.2. The van der Waals surface area contributed by atoms with Gasteiger partial charge in [-0.2, -0.15) is 5.26 Å². The summed E-state index contributed by atoms with van der Waals surface area (Å²) in [6.45, 7) is 2.03. The summed E-state index contributed by atoms with van der Waals surface area (Å²) < 4.78 is 5.23. The second-order valence-electron chi connectivity index (χ2n) is 4.21. The first-order chi connectivity index (χ1) is 8.74. The molecule has 90 valence electrons. The third kappa shape index (κ3) is 2.52. The molecule has 0 unspecified atom stereocenters. The van der Waals surface area contributed by atoms with Crippen LogP contribution < -0.4 is 4.74 Å². The molecule has 0 amide bonds. The van der Waals surface area contributed by atoms with Gasteiger partial charge in [-0.05, 0) is 47.4 Å². The predicted molar refractivity (Wildman–Crippen MR) is 72.5 cm³/mol. The van der Waals surface area contributed by atoms with Crippen LogP contribution in [-0.2, 0) is 6.42 Å². The summed E-state index contributed by atoms with van der Waals surface area (Å²) in [5, 5.41) is 8.82. The summed E-state index contributed by atoms with van der Waals surface area (Å²) in [4.78, 5) is 0. The van der Waals surface area contributed by atoms with E-state index in [1.807, 2.05) is 31.2 Å². The smallest absolute Gasteiger partial charge is 0.119 e. The Bertz CT molecular complexity index is 596. The Kier molecular flexibility index (Phi) is 3.64. The SMILES string of the molecule is COc1cccc(-c2ccc(C)c(CC#N)c2)c1.